The summed E-state index contributed by atoms with van der Waals surface area (Å²) in [6.45, 7) is 3.64. The van der Waals surface area contributed by atoms with E-state index < -0.39 is 35.6 Å². The molecule has 5 N–H and O–H groups in total. The molecule has 3 rings (SSSR count). The van der Waals surface area contributed by atoms with Crippen molar-refractivity contribution < 1.29 is 23.8 Å². The fraction of sp³-hybridized carbons (Fsp3) is 0.154. The third-order valence-corrected chi connectivity index (χ3v) is 5.08. The second-order valence-corrected chi connectivity index (χ2v) is 7.82. The fourth-order valence-electron chi connectivity index (χ4n) is 3.20. The van der Waals surface area contributed by atoms with E-state index in [1.807, 2.05) is 19.1 Å². The topological polar surface area (TPSA) is 114 Å². The van der Waals surface area contributed by atoms with Crippen LogP contribution in [0, 0.1) is 18.7 Å². The molecule has 3 aromatic rings. The van der Waals surface area contributed by atoms with Gasteiger partial charge >= 0.3 is 6.09 Å². The Morgan fingerprint density at radius 1 is 1.06 bits per heavy atom. The smallest absolute Gasteiger partial charge is 0.412 e. The molecular weight excluding hydrogens is 437 g/mol. The minimum atomic E-state index is -0.939. The van der Waals surface area contributed by atoms with E-state index in [1.54, 1.807) is 49.4 Å². The Labute approximate surface area is 197 Å². The molecule has 2 amide bonds. The molecule has 0 fully saturated rings. The summed E-state index contributed by atoms with van der Waals surface area (Å²) >= 11 is 0. The summed E-state index contributed by atoms with van der Waals surface area (Å²) in [7, 11) is 0. The number of nitrogens with one attached hydrogen (secondary N) is 2. The van der Waals surface area contributed by atoms with Crippen molar-refractivity contribution >= 4 is 29.1 Å². The van der Waals surface area contributed by atoms with E-state index in [0.29, 0.717) is 22.6 Å². The number of carbonyl (C=O) groups is 2. The summed E-state index contributed by atoms with van der Waals surface area (Å²) in [5, 5.41) is 14.8. The Morgan fingerprint density at radius 2 is 1.76 bits per heavy atom. The Morgan fingerprint density at radius 3 is 2.44 bits per heavy atom. The average Bonchev–Trinajstić information content (AvgIpc) is 2.81. The fourth-order valence-corrected chi connectivity index (χ4v) is 3.20. The van der Waals surface area contributed by atoms with Crippen LogP contribution in [0.25, 0.3) is 0 Å². The summed E-state index contributed by atoms with van der Waals surface area (Å²) in [6.07, 6.45) is 1.15. The highest BCUT2D eigenvalue weighted by molar-refractivity contribution is 6.01. The number of hydrogen-bond donors (Lipinski definition) is 4. The molecule has 0 unspecified atom stereocenters. The van der Waals surface area contributed by atoms with Crippen LogP contribution < -0.4 is 16.4 Å². The number of para-hydroxylation sites is 2. The Bertz CT molecular complexity index is 1190. The highest BCUT2D eigenvalue weighted by Gasteiger charge is 2.24. The summed E-state index contributed by atoms with van der Waals surface area (Å²) in [5.41, 5.74) is 8.62. The number of aryl methyl sites for hydroxylation is 1. The molecule has 0 aliphatic rings. The maximum absolute atomic E-state index is 14.0. The number of rotatable bonds is 7. The van der Waals surface area contributed by atoms with Gasteiger partial charge in [0.15, 0.2) is 11.6 Å². The SMILES string of the molecule is Cc1ccc(NC(=O)O[C@H](c2ccc(O)c(F)c2)[C@H](C)/C=C/C(=O)Nc2ccccc2N)cc1. The summed E-state index contributed by atoms with van der Waals surface area (Å²) < 4.78 is 19.6. The van der Waals surface area contributed by atoms with Crippen molar-refractivity contribution in [1.82, 2.24) is 0 Å². The molecule has 0 bridgehead atoms. The number of aromatic hydroxyl groups is 1. The summed E-state index contributed by atoms with van der Waals surface area (Å²) in [5.74, 6) is -2.32. The molecule has 2 atom stereocenters. The Hall–Kier alpha value is -4.33. The van der Waals surface area contributed by atoms with Crippen LogP contribution >= 0.6 is 0 Å². The second-order valence-electron chi connectivity index (χ2n) is 7.82. The molecule has 176 valence electrons. The number of hydrogen-bond acceptors (Lipinski definition) is 5. The number of amides is 2. The van der Waals surface area contributed by atoms with Crippen molar-refractivity contribution in [3.63, 3.8) is 0 Å². The van der Waals surface area contributed by atoms with Crippen LogP contribution in [0.15, 0.2) is 78.9 Å². The third-order valence-electron chi connectivity index (χ3n) is 5.08. The van der Waals surface area contributed by atoms with Gasteiger partial charge in [-0.1, -0.05) is 48.9 Å². The largest absolute Gasteiger partial charge is 0.505 e. The van der Waals surface area contributed by atoms with Gasteiger partial charge in [0.1, 0.15) is 6.10 Å². The van der Waals surface area contributed by atoms with Gasteiger partial charge in [-0.25, -0.2) is 9.18 Å². The van der Waals surface area contributed by atoms with Crippen LogP contribution in [0.2, 0.25) is 0 Å². The van der Waals surface area contributed by atoms with Gasteiger partial charge in [0.2, 0.25) is 5.91 Å². The Kier molecular flexibility index (Phi) is 7.87. The third kappa shape index (κ3) is 6.59. The lowest BCUT2D eigenvalue weighted by Crippen LogP contribution is -2.21. The molecule has 0 aromatic heterocycles. The normalized spacial score (nSPS) is 12.7. The molecule has 7 nitrogen and oxygen atoms in total. The molecule has 34 heavy (non-hydrogen) atoms. The zero-order chi connectivity index (χ0) is 24.7. The van der Waals surface area contributed by atoms with Gasteiger partial charge < -0.3 is 20.9 Å². The van der Waals surface area contributed by atoms with Crippen molar-refractivity contribution in [2.75, 3.05) is 16.4 Å². The second kappa shape index (κ2) is 11.0. The van der Waals surface area contributed by atoms with Crippen molar-refractivity contribution in [1.29, 1.82) is 0 Å². The van der Waals surface area contributed by atoms with Crippen molar-refractivity contribution in [3.8, 4) is 5.75 Å². The first-order chi connectivity index (χ1) is 16.2. The van der Waals surface area contributed by atoms with E-state index in [0.717, 1.165) is 11.6 Å². The van der Waals surface area contributed by atoms with E-state index in [9.17, 15) is 19.1 Å². The number of halogens is 1. The summed E-state index contributed by atoms with van der Waals surface area (Å²) in [6, 6.07) is 17.7. The van der Waals surface area contributed by atoms with Gasteiger partial charge in [-0.05, 0) is 55.0 Å². The van der Waals surface area contributed by atoms with Crippen LogP contribution in [-0.4, -0.2) is 17.1 Å². The van der Waals surface area contributed by atoms with Crippen LogP contribution in [0.1, 0.15) is 24.2 Å². The standard InChI is InChI=1S/C26H26FN3O4/c1-16-7-11-19(12-8-16)29-26(33)34-25(18-10-13-23(31)20(27)15-18)17(2)9-14-24(32)30-22-6-4-3-5-21(22)28/h3-15,17,25,31H,28H2,1-2H3,(H,29,33)(H,30,32)/b14-9+/t17-,25+/m1/s1. The number of carbonyl (C=O) groups excluding carboxylic acids is 2. The molecule has 0 heterocycles. The van der Waals surface area contributed by atoms with Gasteiger partial charge in [0, 0.05) is 11.6 Å². The van der Waals surface area contributed by atoms with E-state index >= 15 is 0 Å². The number of nitrogen functional groups attached to an aromatic ring is 1. The highest BCUT2D eigenvalue weighted by Crippen LogP contribution is 2.30. The molecule has 0 saturated carbocycles. The van der Waals surface area contributed by atoms with Crippen LogP contribution in [-0.2, 0) is 9.53 Å². The van der Waals surface area contributed by atoms with Crippen LogP contribution in [0.5, 0.6) is 5.75 Å². The number of phenolic OH excluding ortho intramolecular Hbond substituents is 1. The molecule has 0 spiro atoms. The van der Waals surface area contributed by atoms with E-state index in [2.05, 4.69) is 10.6 Å². The lowest BCUT2D eigenvalue weighted by molar-refractivity contribution is -0.111. The zero-order valence-electron chi connectivity index (χ0n) is 18.8. The molecule has 0 radical (unpaired) electrons. The van der Waals surface area contributed by atoms with Gasteiger partial charge in [0.05, 0.1) is 11.4 Å². The number of phenols is 1. The highest BCUT2D eigenvalue weighted by atomic mass is 19.1. The Balaban J connectivity index is 1.76. The van der Waals surface area contributed by atoms with Crippen molar-refractivity contribution in [2.24, 2.45) is 5.92 Å². The molecular formula is C26H26FN3O4. The van der Waals surface area contributed by atoms with E-state index in [-0.39, 0.29) is 0 Å². The quantitative estimate of drug-likeness (QED) is 0.271. The number of anilines is 3. The van der Waals surface area contributed by atoms with Crippen LogP contribution in [0.4, 0.5) is 26.2 Å². The molecule has 0 aliphatic carbocycles. The first-order valence-electron chi connectivity index (χ1n) is 10.6. The van der Waals surface area contributed by atoms with Gasteiger partial charge in [-0.3, -0.25) is 10.1 Å². The van der Waals surface area contributed by atoms with E-state index in [1.165, 1.54) is 18.2 Å². The monoisotopic (exact) mass is 463 g/mol. The first-order valence-corrected chi connectivity index (χ1v) is 10.6. The van der Waals surface area contributed by atoms with Crippen molar-refractivity contribution in [2.45, 2.75) is 20.0 Å². The van der Waals surface area contributed by atoms with Gasteiger partial charge in [0.25, 0.3) is 0 Å². The number of benzene rings is 3. The van der Waals surface area contributed by atoms with Crippen LogP contribution in [0.3, 0.4) is 0 Å². The number of ether oxygens (including phenoxy) is 1. The van der Waals surface area contributed by atoms with Gasteiger partial charge in [-0.15, -0.1) is 0 Å². The first kappa shape index (κ1) is 24.3. The predicted octanol–water partition coefficient (Wildman–Crippen LogP) is 5.54. The minimum absolute atomic E-state index is 0.319. The lowest BCUT2D eigenvalue weighted by Gasteiger charge is -2.23. The molecule has 0 aliphatic heterocycles. The molecule has 3 aromatic carbocycles. The predicted molar refractivity (Wildman–Crippen MR) is 130 cm³/mol. The average molecular weight is 464 g/mol. The minimum Gasteiger partial charge on any atom is -0.505 e. The molecule has 8 heteroatoms. The van der Waals surface area contributed by atoms with E-state index in [4.69, 9.17) is 10.5 Å². The zero-order valence-corrected chi connectivity index (χ0v) is 18.8. The lowest BCUT2D eigenvalue weighted by atomic mass is 9.96. The number of nitrogens with two attached hydrogens (primary N) is 1. The van der Waals surface area contributed by atoms with Crippen molar-refractivity contribution in [3.05, 3.63) is 95.8 Å². The molecule has 0 saturated heterocycles. The maximum atomic E-state index is 14.0. The summed E-state index contributed by atoms with van der Waals surface area (Å²) in [4.78, 5) is 24.9. The van der Waals surface area contributed by atoms with Gasteiger partial charge in [-0.2, -0.15) is 0 Å². The maximum Gasteiger partial charge on any atom is 0.412 e.